The van der Waals surface area contributed by atoms with Gasteiger partial charge in [0.2, 0.25) is 0 Å². The smallest absolute Gasteiger partial charge is 0.164 e. The van der Waals surface area contributed by atoms with Crippen LogP contribution >= 0.6 is 0 Å². The molecule has 78 valence electrons. The lowest BCUT2D eigenvalue weighted by Crippen LogP contribution is -2.06. The highest BCUT2D eigenvalue weighted by atomic mass is 16.6. The molecule has 0 radical (unpaired) electrons. The largest absolute Gasteiger partial charge is 0.504 e. The third kappa shape index (κ3) is 2.16. The lowest BCUT2D eigenvalue weighted by Gasteiger charge is -2.12. The molecule has 0 atom stereocenters. The second kappa shape index (κ2) is 4.83. The molecule has 0 saturated carbocycles. The molecule has 0 aliphatic carbocycles. The minimum atomic E-state index is 0.144. The highest BCUT2D eigenvalue weighted by molar-refractivity contribution is 5.49. The molecule has 1 rings (SSSR count). The summed E-state index contributed by atoms with van der Waals surface area (Å²) in [4.78, 5) is 4.50. The Morgan fingerprint density at radius 2 is 2.14 bits per heavy atom. The van der Waals surface area contributed by atoms with Gasteiger partial charge in [-0.1, -0.05) is 6.07 Å². The number of hydrogen-bond acceptors (Lipinski definition) is 4. The fourth-order valence-electron chi connectivity index (χ4n) is 1.41. The highest BCUT2D eigenvalue weighted by Crippen LogP contribution is 2.32. The van der Waals surface area contributed by atoms with Gasteiger partial charge in [-0.05, 0) is 18.6 Å². The van der Waals surface area contributed by atoms with Gasteiger partial charge in [0.1, 0.15) is 0 Å². The number of phenolic OH excluding ortho intramolecular Hbond substituents is 1. The minimum Gasteiger partial charge on any atom is -0.504 e. The van der Waals surface area contributed by atoms with Crippen LogP contribution in [0.4, 0.5) is 0 Å². The second-order valence-corrected chi connectivity index (χ2v) is 3.03. The van der Waals surface area contributed by atoms with Crippen LogP contribution in [0.15, 0.2) is 12.1 Å². The predicted molar refractivity (Wildman–Crippen MR) is 53.2 cm³/mol. The molecule has 0 fully saturated rings. The maximum atomic E-state index is 9.52. The van der Waals surface area contributed by atoms with Gasteiger partial charge in [0.15, 0.2) is 11.5 Å². The van der Waals surface area contributed by atoms with Gasteiger partial charge in [-0.2, -0.15) is 0 Å². The number of aryl methyl sites for hydroxylation is 1. The fourth-order valence-corrected chi connectivity index (χ4v) is 1.41. The van der Waals surface area contributed by atoms with E-state index in [9.17, 15) is 5.11 Å². The third-order valence-corrected chi connectivity index (χ3v) is 2.15. The van der Waals surface area contributed by atoms with Gasteiger partial charge in [0.05, 0.1) is 13.7 Å². The Morgan fingerprint density at radius 1 is 1.43 bits per heavy atom. The topological polar surface area (TPSA) is 64.7 Å². The van der Waals surface area contributed by atoms with E-state index in [4.69, 9.17) is 10.6 Å². The van der Waals surface area contributed by atoms with E-state index in [0.29, 0.717) is 18.8 Å². The van der Waals surface area contributed by atoms with Gasteiger partial charge in [-0.3, -0.25) is 0 Å². The molecule has 4 nitrogen and oxygen atoms in total. The molecule has 0 amide bonds. The Kier molecular flexibility index (Phi) is 3.73. The standard InChI is InChI=1S/C10H15NO3/c1-7-3-4-9(12)10(13-2)8(7)5-6-14-11/h3-4,12H,5-6,11H2,1-2H3. The van der Waals surface area contributed by atoms with E-state index in [1.54, 1.807) is 6.07 Å². The van der Waals surface area contributed by atoms with Crippen molar-refractivity contribution in [2.24, 2.45) is 5.90 Å². The summed E-state index contributed by atoms with van der Waals surface area (Å²) < 4.78 is 5.11. The zero-order chi connectivity index (χ0) is 10.6. The fraction of sp³-hybridized carbons (Fsp3) is 0.400. The monoisotopic (exact) mass is 197 g/mol. The van der Waals surface area contributed by atoms with Gasteiger partial charge >= 0.3 is 0 Å². The Labute approximate surface area is 83.2 Å². The van der Waals surface area contributed by atoms with Crippen molar-refractivity contribution in [3.8, 4) is 11.5 Å². The molecule has 0 heterocycles. The number of phenols is 1. The Balaban J connectivity index is 3.03. The molecular formula is C10H15NO3. The van der Waals surface area contributed by atoms with Gasteiger partial charge in [0, 0.05) is 12.0 Å². The molecule has 0 aliphatic heterocycles. The zero-order valence-electron chi connectivity index (χ0n) is 8.41. The number of hydrogen-bond donors (Lipinski definition) is 2. The molecule has 0 saturated heterocycles. The highest BCUT2D eigenvalue weighted by Gasteiger charge is 2.10. The van der Waals surface area contributed by atoms with Crippen LogP contribution in [0.1, 0.15) is 11.1 Å². The summed E-state index contributed by atoms with van der Waals surface area (Å²) in [6.07, 6.45) is 0.625. The molecular weight excluding hydrogens is 182 g/mol. The first-order chi connectivity index (χ1) is 6.70. The molecule has 1 aromatic rings. The SMILES string of the molecule is COc1c(O)ccc(C)c1CCON. The van der Waals surface area contributed by atoms with E-state index in [0.717, 1.165) is 11.1 Å². The van der Waals surface area contributed by atoms with Gasteiger partial charge in [-0.25, -0.2) is 5.90 Å². The Hall–Kier alpha value is -1.26. The van der Waals surface area contributed by atoms with Crippen LogP contribution in [0, 0.1) is 6.92 Å². The lowest BCUT2D eigenvalue weighted by atomic mass is 10.0. The summed E-state index contributed by atoms with van der Waals surface area (Å²) in [6, 6.07) is 3.45. The predicted octanol–water partition coefficient (Wildman–Crippen LogP) is 1.14. The van der Waals surface area contributed by atoms with E-state index in [-0.39, 0.29) is 5.75 Å². The third-order valence-electron chi connectivity index (χ3n) is 2.15. The van der Waals surface area contributed by atoms with Crippen molar-refractivity contribution in [1.29, 1.82) is 0 Å². The number of nitrogens with two attached hydrogens (primary N) is 1. The normalized spacial score (nSPS) is 10.2. The maximum absolute atomic E-state index is 9.52. The van der Waals surface area contributed by atoms with Crippen LogP contribution < -0.4 is 10.6 Å². The molecule has 14 heavy (non-hydrogen) atoms. The van der Waals surface area contributed by atoms with Gasteiger partial charge in [-0.15, -0.1) is 0 Å². The lowest BCUT2D eigenvalue weighted by molar-refractivity contribution is 0.140. The van der Waals surface area contributed by atoms with Crippen molar-refractivity contribution in [3.05, 3.63) is 23.3 Å². The summed E-state index contributed by atoms with van der Waals surface area (Å²) in [6.45, 7) is 2.36. The number of methoxy groups -OCH3 is 1. The van der Waals surface area contributed by atoms with Crippen molar-refractivity contribution in [2.75, 3.05) is 13.7 Å². The van der Waals surface area contributed by atoms with Crippen LogP contribution in [0.3, 0.4) is 0 Å². The number of rotatable bonds is 4. The van der Waals surface area contributed by atoms with Gasteiger partial charge in [0.25, 0.3) is 0 Å². The maximum Gasteiger partial charge on any atom is 0.164 e. The van der Waals surface area contributed by atoms with Crippen molar-refractivity contribution < 1.29 is 14.7 Å². The first-order valence-corrected chi connectivity index (χ1v) is 4.37. The summed E-state index contributed by atoms with van der Waals surface area (Å²) in [5, 5.41) is 9.52. The Morgan fingerprint density at radius 3 is 2.71 bits per heavy atom. The summed E-state index contributed by atoms with van der Waals surface area (Å²) in [7, 11) is 1.53. The average molecular weight is 197 g/mol. The van der Waals surface area contributed by atoms with Gasteiger partial charge < -0.3 is 14.7 Å². The first-order valence-electron chi connectivity index (χ1n) is 4.37. The van der Waals surface area contributed by atoms with Crippen molar-refractivity contribution in [3.63, 3.8) is 0 Å². The van der Waals surface area contributed by atoms with Crippen molar-refractivity contribution in [2.45, 2.75) is 13.3 Å². The molecule has 3 N–H and O–H groups in total. The van der Waals surface area contributed by atoms with E-state index < -0.39 is 0 Å². The van der Waals surface area contributed by atoms with Crippen LogP contribution in [-0.2, 0) is 11.3 Å². The summed E-state index contributed by atoms with van der Waals surface area (Å²) in [5.41, 5.74) is 1.98. The zero-order valence-corrected chi connectivity index (χ0v) is 8.41. The molecule has 1 aromatic carbocycles. The van der Waals surface area contributed by atoms with E-state index >= 15 is 0 Å². The van der Waals surface area contributed by atoms with Crippen LogP contribution in [-0.4, -0.2) is 18.8 Å². The van der Waals surface area contributed by atoms with Crippen molar-refractivity contribution >= 4 is 0 Å². The molecule has 0 aromatic heterocycles. The van der Waals surface area contributed by atoms with E-state index in [2.05, 4.69) is 4.84 Å². The molecule has 0 spiro atoms. The summed E-state index contributed by atoms with van der Waals surface area (Å²) >= 11 is 0. The average Bonchev–Trinajstić information content (AvgIpc) is 2.19. The van der Waals surface area contributed by atoms with Crippen LogP contribution in [0.5, 0.6) is 11.5 Å². The molecule has 0 bridgehead atoms. The second-order valence-electron chi connectivity index (χ2n) is 3.03. The van der Waals surface area contributed by atoms with E-state index in [1.165, 1.54) is 7.11 Å². The van der Waals surface area contributed by atoms with Crippen LogP contribution in [0.25, 0.3) is 0 Å². The molecule has 4 heteroatoms. The first kappa shape index (κ1) is 10.8. The molecule has 0 unspecified atom stereocenters. The van der Waals surface area contributed by atoms with Crippen LogP contribution in [0.2, 0.25) is 0 Å². The molecule has 0 aliphatic rings. The number of ether oxygens (including phenoxy) is 1. The number of benzene rings is 1. The van der Waals surface area contributed by atoms with E-state index in [1.807, 2.05) is 13.0 Å². The minimum absolute atomic E-state index is 0.144. The number of aromatic hydroxyl groups is 1. The summed E-state index contributed by atoms with van der Waals surface area (Å²) in [5.74, 6) is 5.60. The Bertz CT molecular complexity index is 312. The quantitative estimate of drug-likeness (QED) is 0.710. The van der Waals surface area contributed by atoms with Crippen molar-refractivity contribution in [1.82, 2.24) is 0 Å².